The lowest BCUT2D eigenvalue weighted by Gasteiger charge is -2.32. The van der Waals surface area contributed by atoms with Gasteiger partial charge < -0.3 is 15.0 Å². The Morgan fingerprint density at radius 1 is 0.968 bits per heavy atom. The van der Waals surface area contributed by atoms with Gasteiger partial charge in [-0.2, -0.15) is 0 Å². The molecule has 174 valence electrons. The average Bonchev–Trinajstić information content (AvgIpc) is 3.14. The minimum atomic E-state index is 0. The van der Waals surface area contributed by atoms with E-state index in [2.05, 4.69) is 49.3 Å². The summed E-state index contributed by atoms with van der Waals surface area (Å²) in [6.45, 7) is 10.4. The van der Waals surface area contributed by atoms with Crippen LogP contribution in [0.3, 0.4) is 0 Å². The van der Waals surface area contributed by atoms with Crippen molar-refractivity contribution in [3.63, 3.8) is 0 Å². The first-order chi connectivity index (χ1) is 14.8. The molecule has 0 saturated carbocycles. The van der Waals surface area contributed by atoms with E-state index in [4.69, 9.17) is 4.74 Å². The largest absolute Gasteiger partial charge is 0.379 e. The van der Waals surface area contributed by atoms with Crippen molar-refractivity contribution in [3.05, 3.63) is 35.4 Å². The van der Waals surface area contributed by atoms with E-state index < -0.39 is 0 Å². The number of likely N-dealkylation sites (tertiary alicyclic amines) is 2. The van der Waals surface area contributed by atoms with Crippen molar-refractivity contribution in [2.24, 2.45) is 4.99 Å². The van der Waals surface area contributed by atoms with Crippen molar-refractivity contribution in [1.82, 2.24) is 20.0 Å². The molecule has 4 rings (SSSR count). The highest BCUT2D eigenvalue weighted by Gasteiger charge is 2.30. The van der Waals surface area contributed by atoms with Gasteiger partial charge in [-0.15, -0.1) is 24.0 Å². The third kappa shape index (κ3) is 7.30. The normalized spacial score (nSPS) is 24.0. The van der Waals surface area contributed by atoms with Gasteiger partial charge in [-0.05, 0) is 43.5 Å². The molecule has 0 amide bonds. The van der Waals surface area contributed by atoms with Gasteiger partial charge in [0.1, 0.15) is 0 Å². The van der Waals surface area contributed by atoms with Gasteiger partial charge in [-0.25, -0.2) is 0 Å². The molecule has 31 heavy (non-hydrogen) atoms. The number of benzene rings is 1. The molecule has 1 unspecified atom stereocenters. The molecule has 3 heterocycles. The summed E-state index contributed by atoms with van der Waals surface area (Å²) in [6.07, 6.45) is 6.71. The van der Waals surface area contributed by atoms with Crippen molar-refractivity contribution >= 4 is 29.9 Å². The maximum absolute atomic E-state index is 5.50. The van der Waals surface area contributed by atoms with E-state index in [1.165, 1.54) is 56.3 Å². The minimum absolute atomic E-state index is 0. The van der Waals surface area contributed by atoms with Crippen molar-refractivity contribution in [2.45, 2.75) is 51.2 Å². The predicted molar refractivity (Wildman–Crippen MR) is 138 cm³/mol. The number of nitrogens with zero attached hydrogens (tertiary/aromatic N) is 4. The predicted octanol–water partition coefficient (Wildman–Crippen LogP) is 3.16. The molecule has 3 saturated heterocycles. The first-order valence-electron chi connectivity index (χ1n) is 11.9. The van der Waals surface area contributed by atoms with Gasteiger partial charge in [-0.3, -0.25) is 14.8 Å². The molecule has 0 bridgehead atoms. The number of halogens is 1. The minimum Gasteiger partial charge on any atom is -0.379 e. The highest BCUT2D eigenvalue weighted by atomic mass is 127. The Hall–Kier alpha value is -0.900. The van der Waals surface area contributed by atoms with Crippen LogP contribution in [0.4, 0.5) is 0 Å². The van der Waals surface area contributed by atoms with Crippen molar-refractivity contribution in [2.75, 3.05) is 59.5 Å². The molecule has 3 aliphatic rings. The highest BCUT2D eigenvalue weighted by Crippen LogP contribution is 2.17. The highest BCUT2D eigenvalue weighted by molar-refractivity contribution is 14.0. The van der Waals surface area contributed by atoms with Gasteiger partial charge in [0.15, 0.2) is 5.96 Å². The zero-order valence-corrected chi connectivity index (χ0v) is 21.4. The van der Waals surface area contributed by atoms with Crippen LogP contribution in [0.15, 0.2) is 29.3 Å². The van der Waals surface area contributed by atoms with E-state index in [9.17, 15) is 0 Å². The Balaban J connectivity index is 0.00000272. The van der Waals surface area contributed by atoms with Crippen LogP contribution in [-0.4, -0.2) is 86.2 Å². The van der Waals surface area contributed by atoms with Crippen LogP contribution in [0.2, 0.25) is 0 Å². The lowest BCUT2D eigenvalue weighted by molar-refractivity contribution is 0.0195. The molecule has 0 aliphatic carbocycles. The third-order valence-electron chi connectivity index (χ3n) is 6.82. The fourth-order valence-electron chi connectivity index (χ4n) is 5.00. The first-order valence-corrected chi connectivity index (χ1v) is 11.9. The average molecular weight is 542 g/mol. The number of nitrogens with one attached hydrogen (secondary N) is 1. The molecule has 0 radical (unpaired) electrons. The maximum atomic E-state index is 5.50. The van der Waals surface area contributed by atoms with Crippen LogP contribution < -0.4 is 5.32 Å². The Labute approximate surface area is 205 Å². The summed E-state index contributed by atoms with van der Waals surface area (Å²) in [5, 5.41) is 3.58. The summed E-state index contributed by atoms with van der Waals surface area (Å²) in [5.74, 6) is 1.03. The summed E-state index contributed by atoms with van der Waals surface area (Å²) in [6, 6.07) is 9.78. The summed E-state index contributed by atoms with van der Waals surface area (Å²) in [7, 11) is 1.90. The molecule has 3 aliphatic heterocycles. The SMILES string of the molecule is CN=C(NCc1ccc(CN2CCCCCC2)cc1)N1CCC(N2CCOCC2)C1.I. The number of hydrogen-bond acceptors (Lipinski definition) is 4. The fourth-order valence-corrected chi connectivity index (χ4v) is 5.00. The van der Waals surface area contributed by atoms with Crippen LogP contribution in [0, 0.1) is 0 Å². The maximum Gasteiger partial charge on any atom is 0.193 e. The van der Waals surface area contributed by atoms with Crippen molar-refractivity contribution in [3.8, 4) is 0 Å². The second-order valence-electron chi connectivity index (χ2n) is 8.94. The second kappa shape index (κ2) is 13.0. The van der Waals surface area contributed by atoms with Crippen LogP contribution >= 0.6 is 24.0 Å². The van der Waals surface area contributed by atoms with Crippen molar-refractivity contribution in [1.29, 1.82) is 0 Å². The van der Waals surface area contributed by atoms with E-state index in [1.807, 2.05) is 7.05 Å². The number of ether oxygens (including phenoxy) is 1. The third-order valence-corrected chi connectivity index (χ3v) is 6.82. The smallest absolute Gasteiger partial charge is 0.193 e. The van der Waals surface area contributed by atoms with E-state index in [0.717, 1.165) is 58.4 Å². The zero-order chi connectivity index (χ0) is 20.6. The number of rotatable bonds is 5. The Bertz CT molecular complexity index is 669. The number of hydrogen-bond donors (Lipinski definition) is 1. The zero-order valence-electron chi connectivity index (χ0n) is 19.1. The number of guanidine groups is 1. The van der Waals surface area contributed by atoms with Crippen molar-refractivity contribution < 1.29 is 4.74 Å². The van der Waals surface area contributed by atoms with Crippen LogP contribution in [-0.2, 0) is 17.8 Å². The van der Waals surface area contributed by atoms with Crippen LogP contribution in [0.1, 0.15) is 43.2 Å². The summed E-state index contributed by atoms with van der Waals surface area (Å²) in [4.78, 5) is 12.2. The van der Waals surface area contributed by atoms with Gasteiger partial charge in [0.2, 0.25) is 0 Å². The Kier molecular flexibility index (Phi) is 10.3. The quantitative estimate of drug-likeness (QED) is 0.353. The Morgan fingerprint density at radius 3 is 2.32 bits per heavy atom. The lowest BCUT2D eigenvalue weighted by Crippen LogP contribution is -2.46. The molecule has 1 N–H and O–H groups in total. The van der Waals surface area contributed by atoms with Crippen LogP contribution in [0.25, 0.3) is 0 Å². The van der Waals surface area contributed by atoms with E-state index >= 15 is 0 Å². The summed E-state index contributed by atoms with van der Waals surface area (Å²) >= 11 is 0. The molecular weight excluding hydrogens is 501 g/mol. The van der Waals surface area contributed by atoms with Crippen LogP contribution in [0.5, 0.6) is 0 Å². The lowest BCUT2D eigenvalue weighted by atomic mass is 10.1. The molecule has 1 atom stereocenters. The second-order valence-corrected chi connectivity index (χ2v) is 8.94. The van der Waals surface area contributed by atoms with E-state index in [0.29, 0.717) is 6.04 Å². The van der Waals surface area contributed by atoms with E-state index in [1.54, 1.807) is 0 Å². The molecule has 0 spiro atoms. The number of morpholine rings is 1. The standard InChI is InChI=1S/C24H39N5O.HI/c1-25-24(29-13-10-23(20-29)28-14-16-30-17-15-28)26-18-21-6-8-22(9-7-21)19-27-11-4-2-3-5-12-27;/h6-9,23H,2-5,10-20H2,1H3,(H,25,26);1H. The summed E-state index contributed by atoms with van der Waals surface area (Å²) in [5.41, 5.74) is 2.75. The monoisotopic (exact) mass is 541 g/mol. The molecule has 6 nitrogen and oxygen atoms in total. The Morgan fingerprint density at radius 2 is 1.65 bits per heavy atom. The molecule has 1 aromatic rings. The molecule has 1 aromatic carbocycles. The van der Waals surface area contributed by atoms with Gasteiger partial charge in [0, 0.05) is 52.4 Å². The molecular formula is C24H40IN5O. The first kappa shape index (κ1) is 24.7. The molecule has 3 fully saturated rings. The van der Waals surface area contributed by atoms with E-state index in [-0.39, 0.29) is 24.0 Å². The van der Waals surface area contributed by atoms with Gasteiger partial charge in [-0.1, -0.05) is 37.1 Å². The van der Waals surface area contributed by atoms with Gasteiger partial charge in [0.05, 0.1) is 13.2 Å². The molecule has 0 aromatic heterocycles. The van der Waals surface area contributed by atoms with Gasteiger partial charge in [0.25, 0.3) is 0 Å². The summed E-state index contributed by atoms with van der Waals surface area (Å²) < 4.78 is 5.50. The fraction of sp³-hybridized carbons (Fsp3) is 0.708. The topological polar surface area (TPSA) is 43.3 Å². The number of aliphatic imine (C=N–C) groups is 1. The molecule has 7 heteroatoms. The van der Waals surface area contributed by atoms with Gasteiger partial charge >= 0.3 is 0 Å².